The van der Waals surface area contributed by atoms with Crippen LogP contribution < -0.4 is 4.68 Å². The number of aliphatic imine (C=N–C) groups is 1. The van der Waals surface area contributed by atoms with E-state index in [2.05, 4.69) is 47.5 Å². The molecular weight excluding hydrogens is 359 g/mol. The van der Waals surface area contributed by atoms with E-state index < -0.39 is 0 Å². The first-order chi connectivity index (χ1) is 10.8. The van der Waals surface area contributed by atoms with Crippen LogP contribution in [-0.2, 0) is 39.8 Å². The van der Waals surface area contributed by atoms with Gasteiger partial charge < -0.3 is 4.99 Å². The summed E-state index contributed by atoms with van der Waals surface area (Å²) in [5.41, 5.74) is 4.20. The summed E-state index contributed by atoms with van der Waals surface area (Å²) >= 11 is 0. The molecule has 0 atom stereocenters. The van der Waals surface area contributed by atoms with Gasteiger partial charge in [0.15, 0.2) is 0 Å². The van der Waals surface area contributed by atoms with Crippen LogP contribution in [0.2, 0.25) is 0 Å². The molecule has 1 radical (unpaired) electrons. The zero-order valence-corrected chi connectivity index (χ0v) is 16.8. The van der Waals surface area contributed by atoms with Crippen LogP contribution in [0, 0.1) is 18.9 Å². The molecule has 0 N–H and O–H groups in total. The average molecular weight is 381 g/mol. The van der Waals surface area contributed by atoms with E-state index in [1.54, 1.807) is 6.20 Å². The number of rotatable bonds is 3. The Kier molecular flexibility index (Phi) is 7.04. The SMILES string of the molecule is Cc1ccccc1-c1c(N=[C-]C2CCCCC2)[c-]cn[n+]1C.[Y]. The van der Waals surface area contributed by atoms with Crippen LogP contribution in [0.4, 0.5) is 5.69 Å². The Morgan fingerprint density at radius 3 is 2.70 bits per heavy atom. The van der Waals surface area contributed by atoms with Crippen molar-refractivity contribution in [2.24, 2.45) is 18.0 Å². The Morgan fingerprint density at radius 1 is 1.22 bits per heavy atom. The van der Waals surface area contributed by atoms with Gasteiger partial charge in [-0.2, -0.15) is 16.6 Å². The molecule has 23 heavy (non-hydrogen) atoms. The molecule has 4 heteroatoms. The summed E-state index contributed by atoms with van der Waals surface area (Å²) in [6.45, 7) is 2.11. The minimum atomic E-state index is 0. The summed E-state index contributed by atoms with van der Waals surface area (Å²) in [6, 6.07) is 11.5. The fraction of sp³-hybridized carbons (Fsp3) is 0.421. The number of benzene rings is 1. The second-order valence-electron chi connectivity index (χ2n) is 6.00. The molecule has 1 saturated carbocycles. The van der Waals surface area contributed by atoms with Gasteiger partial charge in [-0.05, 0) is 23.8 Å². The zero-order valence-electron chi connectivity index (χ0n) is 13.9. The molecule has 117 valence electrons. The van der Waals surface area contributed by atoms with E-state index in [1.165, 1.54) is 37.7 Å². The molecule has 0 unspecified atom stereocenters. The summed E-state index contributed by atoms with van der Waals surface area (Å²) in [4.78, 5) is 4.64. The third-order valence-corrected chi connectivity index (χ3v) is 4.34. The van der Waals surface area contributed by atoms with Gasteiger partial charge in [-0.15, -0.1) is 0 Å². The van der Waals surface area contributed by atoms with Crippen molar-refractivity contribution in [3.8, 4) is 11.3 Å². The van der Waals surface area contributed by atoms with Crippen LogP contribution in [0.3, 0.4) is 0 Å². The van der Waals surface area contributed by atoms with E-state index in [-0.39, 0.29) is 32.7 Å². The van der Waals surface area contributed by atoms with Crippen molar-refractivity contribution in [3.05, 3.63) is 42.1 Å². The standard InChI is InChI=1S/C19H22N3.Y/c1-15-8-6-7-11-17(15)19-18(12-13-21-22(19)2)20-14-16-9-4-3-5-10-16;/h6-8,11,13,16H,3-5,9-10H2,1-2H3;/q-1;. The number of aromatic nitrogens is 2. The summed E-state index contributed by atoms with van der Waals surface area (Å²) in [6.07, 6.45) is 11.4. The van der Waals surface area contributed by atoms with Crippen molar-refractivity contribution in [1.29, 1.82) is 0 Å². The number of hydrogen-bond acceptors (Lipinski definition) is 2. The molecular formula is C19H22N3Y-. The Hall–Kier alpha value is -0.926. The first-order valence-corrected chi connectivity index (χ1v) is 8.05. The Morgan fingerprint density at radius 2 is 1.96 bits per heavy atom. The molecule has 0 saturated heterocycles. The van der Waals surface area contributed by atoms with Gasteiger partial charge in [-0.25, -0.2) is 0 Å². The van der Waals surface area contributed by atoms with Crippen molar-refractivity contribution in [2.75, 3.05) is 0 Å². The second-order valence-corrected chi connectivity index (χ2v) is 6.00. The van der Waals surface area contributed by atoms with Gasteiger partial charge in [0, 0.05) is 38.4 Å². The van der Waals surface area contributed by atoms with E-state index >= 15 is 0 Å². The number of aryl methyl sites for hydroxylation is 2. The van der Waals surface area contributed by atoms with E-state index in [0.29, 0.717) is 5.92 Å². The summed E-state index contributed by atoms with van der Waals surface area (Å²) in [7, 11) is 1.95. The van der Waals surface area contributed by atoms with Crippen molar-refractivity contribution in [3.63, 3.8) is 0 Å². The van der Waals surface area contributed by atoms with Crippen LogP contribution in [0.15, 0.2) is 35.5 Å². The number of hydrogen-bond donors (Lipinski definition) is 0. The minimum Gasteiger partial charge on any atom is -0.487 e. The van der Waals surface area contributed by atoms with Crippen molar-refractivity contribution in [1.82, 2.24) is 5.10 Å². The molecule has 1 aromatic heterocycles. The maximum Gasteiger partial charge on any atom is 0.145 e. The maximum absolute atomic E-state index is 4.64. The molecule has 1 aromatic carbocycles. The van der Waals surface area contributed by atoms with Crippen LogP contribution in [0.5, 0.6) is 0 Å². The summed E-state index contributed by atoms with van der Waals surface area (Å²) < 4.78 is 1.88. The molecule has 0 amide bonds. The second kappa shape index (κ2) is 8.79. The monoisotopic (exact) mass is 381 g/mol. The first-order valence-electron chi connectivity index (χ1n) is 8.05. The Labute approximate surface area is 164 Å². The fourth-order valence-electron chi connectivity index (χ4n) is 3.07. The third-order valence-electron chi connectivity index (χ3n) is 4.34. The third kappa shape index (κ3) is 4.54. The fourth-order valence-corrected chi connectivity index (χ4v) is 3.07. The van der Waals surface area contributed by atoms with Gasteiger partial charge in [0.1, 0.15) is 7.05 Å². The summed E-state index contributed by atoms with van der Waals surface area (Å²) in [5, 5.41) is 4.33. The molecule has 2 aromatic rings. The van der Waals surface area contributed by atoms with Crippen LogP contribution >= 0.6 is 0 Å². The minimum absolute atomic E-state index is 0. The van der Waals surface area contributed by atoms with Crippen LogP contribution in [-0.4, -0.2) is 11.3 Å². The van der Waals surface area contributed by atoms with Crippen molar-refractivity contribution < 1.29 is 37.4 Å². The average Bonchev–Trinajstić information content (AvgIpc) is 2.55. The molecule has 0 bridgehead atoms. The van der Waals surface area contributed by atoms with Gasteiger partial charge in [-0.1, -0.05) is 67.9 Å². The van der Waals surface area contributed by atoms with Crippen molar-refractivity contribution in [2.45, 2.75) is 39.0 Å². The predicted molar refractivity (Wildman–Crippen MR) is 88.1 cm³/mol. The van der Waals surface area contributed by atoms with Crippen LogP contribution in [0.1, 0.15) is 37.7 Å². The first kappa shape index (κ1) is 18.4. The largest absolute Gasteiger partial charge is 0.487 e. The quantitative estimate of drug-likeness (QED) is 0.451. The van der Waals surface area contributed by atoms with Gasteiger partial charge in [0.25, 0.3) is 0 Å². The van der Waals surface area contributed by atoms with E-state index in [0.717, 1.165) is 16.9 Å². The Bertz CT molecular complexity index is 676. The molecule has 3 rings (SSSR count). The molecule has 0 aliphatic heterocycles. The molecule has 0 spiro atoms. The van der Waals surface area contributed by atoms with E-state index in [9.17, 15) is 0 Å². The van der Waals surface area contributed by atoms with Crippen LogP contribution in [0.25, 0.3) is 11.3 Å². The van der Waals surface area contributed by atoms with Gasteiger partial charge >= 0.3 is 0 Å². The maximum atomic E-state index is 4.64. The topological polar surface area (TPSA) is 29.1 Å². The Balaban J connectivity index is 0.00000192. The smallest absolute Gasteiger partial charge is 0.145 e. The van der Waals surface area contributed by atoms with Gasteiger partial charge in [0.2, 0.25) is 0 Å². The van der Waals surface area contributed by atoms with Gasteiger partial charge in [-0.3, -0.25) is 6.07 Å². The molecule has 1 aliphatic rings. The zero-order chi connectivity index (χ0) is 15.4. The predicted octanol–water partition coefficient (Wildman–Crippen LogP) is 3.84. The van der Waals surface area contributed by atoms with E-state index in [4.69, 9.17) is 0 Å². The van der Waals surface area contributed by atoms with Gasteiger partial charge in [0.05, 0.1) is 0 Å². The van der Waals surface area contributed by atoms with Crippen molar-refractivity contribution >= 4 is 11.9 Å². The molecule has 1 heterocycles. The van der Waals surface area contributed by atoms with E-state index in [1.807, 2.05) is 17.8 Å². The number of nitrogens with zero attached hydrogens (tertiary/aromatic N) is 3. The normalized spacial score (nSPS) is 15.6. The molecule has 3 nitrogen and oxygen atoms in total. The summed E-state index contributed by atoms with van der Waals surface area (Å²) in [5.74, 6) is 0.491. The molecule has 1 aliphatic carbocycles. The molecule has 1 fully saturated rings.